The Morgan fingerprint density at radius 1 is 0.947 bits per heavy atom. The Hall–Kier alpha value is -2.50. The van der Waals surface area contributed by atoms with Gasteiger partial charge in [-0.3, -0.25) is 4.79 Å². The molecule has 0 aliphatic heterocycles. The summed E-state index contributed by atoms with van der Waals surface area (Å²) in [7, 11) is 3.83. The Morgan fingerprint density at radius 2 is 1.53 bits per heavy atom. The van der Waals surface area contributed by atoms with Crippen molar-refractivity contribution < 1.29 is 23.8 Å². The predicted octanol–water partition coefficient (Wildman–Crippen LogP) is 1.05. The summed E-state index contributed by atoms with van der Waals surface area (Å²) in [5.41, 5.74) is 0.205. The topological polar surface area (TPSA) is 73.9 Å². The molecule has 1 amide bonds. The molecule has 1 N–H and O–H groups in total. The monoisotopic (exact) mass is 265 g/mol. The summed E-state index contributed by atoms with van der Waals surface area (Å²) < 4.78 is 14.3. The maximum atomic E-state index is 11.9. The Labute approximate surface area is 111 Å². The van der Waals surface area contributed by atoms with Crippen molar-refractivity contribution in [1.82, 2.24) is 5.32 Å². The maximum Gasteiger partial charge on any atom is 0.362 e. The van der Waals surface area contributed by atoms with Crippen LogP contribution in [0.25, 0.3) is 0 Å². The lowest BCUT2D eigenvalue weighted by atomic mass is 10.2. The van der Waals surface area contributed by atoms with Gasteiger partial charge in [-0.1, -0.05) is 18.2 Å². The van der Waals surface area contributed by atoms with E-state index >= 15 is 0 Å². The van der Waals surface area contributed by atoms with E-state index in [-0.39, 0.29) is 11.6 Å². The molecule has 0 atom stereocenters. The fourth-order valence-corrected chi connectivity index (χ4v) is 1.35. The van der Waals surface area contributed by atoms with Crippen molar-refractivity contribution in [3.63, 3.8) is 0 Å². The van der Waals surface area contributed by atoms with E-state index in [1.807, 2.05) is 0 Å². The van der Waals surface area contributed by atoms with Gasteiger partial charge in [0.25, 0.3) is 5.91 Å². The largest absolute Gasteiger partial charge is 0.467 e. The molecule has 0 aliphatic carbocycles. The van der Waals surface area contributed by atoms with Crippen LogP contribution < -0.4 is 5.32 Å². The molecule has 0 heterocycles. The molecule has 1 aromatic carbocycles. The minimum Gasteiger partial charge on any atom is -0.467 e. The van der Waals surface area contributed by atoms with Crippen LogP contribution in [0.2, 0.25) is 0 Å². The van der Waals surface area contributed by atoms with Gasteiger partial charge in [-0.15, -0.1) is 0 Å². The third-order valence-electron chi connectivity index (χ3n) is 2.24. The van der Waals surface area contributed by atoms with Gasteiger partial charge in [0, 0.05) is 5.56 Å². The average molecular weight is 265 g/mol. The number of methoxy groups -OCH3 is 3. The van der Waals surface area contributed by atoms with E-state index < -0.39 is 11.9 Å². The molecular weight excluding hydrogens is 250 g/mol. The zero-order chi connectivity index (χ0) is 14.3. The van der Waals surface area contributed by atoms with Crippen LogP contribution in [0.1, 0.15) is 10.4 Å². The quantitative estimate of drug-likeness (QED) is 0.489. The molecule has 0 radical (unpaired) electrons. The number of rotatable bonds is 5. The molecule has 0 aromatic heterocycles. The normalized spacial score (nSPS) is 9.21. The van der Waals surface area contributed by atoms with Gasteiger partial charge >= 0.3 is 11.9 Å². The van der Waals surface area contributed by atoms with Gasteiger partial charge in [0.15, 0.2) is 0 Å². The molecule has 0 saturated heterocycles. The number of benzene rings is 1. The Kier molecular flexibility index (Phi) is 5.40. The summed E-state index contributed by atoms with van der Waals surface area (Å²) in [6.07, 6.45) is 0. The van der Waals surface area contributed by atoms with Crippen molar-refractivity contribution in [1.29, 1.82) is 0 Å². The Morgan fingerprint density at radius 3 is 2.00 bits per heavy atom. The smallest absolute Gasteiger partial charge is 0.362 e. The van der Waals surface area contributed by atoms with Crippen LogP contribution in [0.5, 0.6) is 0 Å². The van der Waals surface area contributed by atoms with Gasteiger partial charge < -0.3 is 19.5 Å². The molecule has 6 heteroatoms. The lowest BCUT2D eigenvalue weighted by Crippen LogP contribution is -2.30. The molecule has 0 bridgehead atoms. The van der Waals surface area contributed by atoms with Gasteiger partial charge in [-0.2, -0.15) is 0 Å². The molecule has 0 saturated carbocycles. The second-order valence-corrected chi connectivity index (χ2v) is 3.38. The van der Waals surface area contributed by atoms with Gasteiger partial charge in [-0.05, 0) is 12.1 Å². The molecule has 0 fully saturated rings. The number of carbonyl (C=O) groups excluding carboxylic acids is 2. The van der Waals surface area contributed by atoms with Crippen molar-refractivity contribution in [2.75, 3.05) is 21.3 Å². The molecule has 0 aliphatic rings. The van der Waals surface area contributed by atoms with Crippen LogP contribution in [0.3, 0.4) is 0 Å². The minimum atomic E-state index is -0.761. The van der Waals surface area contributed by atoms with E-state index in [0.717, 1.165) is 0 Å². The number of esters is 1. The highest BCUT2D eigenvalue weighted by atomic mass is 16.7. The number of nitrogens with one attached hydrogen (secondary N) is 1. The van der Waals surface area contributed by atoms with E-state index in [4.69, 9.17) is 9.47 Å². The second kappa shape index (κ2) is 7.05. The van der Waals surface area contributed by atoms with Crippen LogP contribution in [-0.4, -0.2) is 33.2 Å². The first-order chi connectivity index (χ1) is 9.13. The lowest BCUT2D eigenvalue weighted by Gasteiger charge is -2.12. The summed E-state index contributed by atoms with van der Waals surface area (Å²) in [6, 6.07) is 8.44. The number of amides is 1. The standard InChI is InChI=1S/C13H15NO5/c1-17-12(16)10(13(18-2)19-3)14-11(15)9-7-5-4-6-8-9/h4-8H,1-3H3,(H,14,15). The number of hydrogen-bond donors (Lipinski definition) is 1. The highest BCUT2D eigenvalue weighted by Crippen LogP contribution is 2.07. The van der Waals surface area contributed by atoms with Crippen molar-refractivity contribution in [3.8, 4) is 0 Å². The first kappa shape index (κ1) is 14.6. The molecule has 19 heavy (non-hydrogen) atoms. The molecule has 0 unspecified atom stereocenters. The third-order valence-corrected chi connectivity index (χ3v) is 2.24. The molecular formula is C13H15NO5. The Balaban J connectivity index is 3.00. The average Bonchev–Trinajstić information content (AvgIpc) is 2.47. The summed E-state index contributed by atoms with van der Waals surface area (Å²) in [4.78, 5) is 23.5. The first-order valence-corrected chi connectivity index (χ1v) is 5.41. The minimum absolute atomic E-state index is 0.129. The fraction of sp³-hybridized carbons (Fsp3) is 0.231. The Bertz CT molecular complexity index is 475. The number of hydrogen-bond acceptors (Lipinski definition) is 5. The summed E-state index contributed by atoms with van der Waals surface area (Å²) in [5, 5.41) is 2.40. The van der Waals surface area contributed by atoms with Crippen LogP contribution >= 0.6 is 0 Å². The summed E-state index contributed by atoms with van der Waals surface area (Å²) >= 11 is 0. The molecule has 0 spiro atoms. The maximum absolute atomic E-state index is 11.9. The zero-order valence-electron chi connectivity index (χ0n) is 10.9. The summed E-state index contributed by atoms with van der Waals surface area (Å²) in [5.74, 6) is -1.35. The third kappa shape index (κ3) is 3.74. The highest BCUT2D eigenvalue weighted by molar-refractivity contribution is 6.01. The van der Waals surface area contributed by atoms with Gasteiger partial charge in [-0.25, -0.2) is 4.79 Å². The predicted molar refractivity (Wildman–Crippen MR) is 67.0 cm³/mol. The van der Waals surface area contributed by atoms with Gasteiger partial charge in [0.2, 0.25) is 5.70 Å². The van der Waals surface area contributed by atoms with E-state index in [0.29, 0.717) is 5.56 Å². The van der Waals surface area contributed by atoms with Crippen molar-refractivity contribution >= 4 is 11.9 Å². The van der Waals surface area contributed by atoms with Gasteiger partial charge in [0.1, 0.15) is 0 Å². The van der Waals surface area contributed by atoms with E-state index in [9.17, 15) is 9.59 Å². The molecule has 102 valence electrons. The van der Waals surface area contributed by atoms with Crippen molar-refractivity contribution in [3.05, 3.63) is 47.5 Å². The van der Waals surface area contributed by atoms with Gasteiger partial charge in [0.05, 0.1) is 21.3 Å². The van der Waals surface area contributed by atoms with E-state index in [1.54, 1.807) is 30.3 Å². The van der Waals surface area contributed by atoms with E-state index in [1.165, 1.54) is 21.3 Å². The molecule has 1 aromatic rings. The SMILES string of the molecule is COC(=O)C(NC(=O)c1ccccc1)=C(OC)OC. The van der Waals surface area contributed by atoms with E-state index in [2.05, 4.69) is 10.1 Å². The van der Waals surface area contributed by atoms with Crippen LogP contribution in [0.4, 0.5) is 0 Å². The number of ether oxygens (including phenoxy) is 3. The van der Waals surface area contributed by atoms with Crippen molar-refractivity contribution in [2.24, 2.45) is 0 Å². The fourth-order valence-electron chi connectivity index (χ4n) is 1.35. The lowest BCUT2D eigenvalue weighted by molar-refractivity contribution is -0.137. The van der Waals surface area contributed by atoms with Crippen molar-refractivity contribution in [2.45, 2.75) is 0 Å². The second-order valence-electron chi connectivity index (χ2n) is 3.38. The number of carbonyl (C=O) groups is 2. The van der Waals surface area contributed by atoms with Crippen LogP contribution in [0, 0.1) is 0 Å². The molecule has 6 nitrogen and oxygen atoms in total. The van der Waals surface area contributed by atoms with Crippen LogP contribution in [0.15, 0.2) is 42.0 Å². The zero-order valence-corrected chi connectivity index (χ0v) is 10.9. The highest BCUT2D eigenvalue weighted by Gasteiger charge is 2.21. The first-order valence-electron chi connectivity index (χ1n) is 5.41. The summed E-state index contributed by atoms with van der Waals surface area (Å²) in [6.45, 7) is 0. The molecule has 1 rings (SSSR count). The van der Waals surface area contributed by atoms with Crippen LogP contribution in [-0.2, 0) is 19.0 Å².